The van der Waals surface area contributed by atoms with Crippen LogP contribution in [0.2, 0.25) is 0 Å². The van der Waals surface area contributed by atoms with Gasteiger partial charge in [-0.1, -0.05) is 0 Å². The van der Waals surface area contributed by atoms with Gasteiger partial charge in [-0.05, 0) is 6.42 Å². The van der Waals surface area contributed by atoms with Crippen molar-refractivity contribution in [2.24, 2.45) is 0 Å². The molecule has 1 unspecified atom stereocenters. The largest absolute Gasteiger partial charge is 0.480 e. The van der Waals surface area contributed by atoms with Gasteiger partial charge in [0.2, 0.25) is 0 Å². The molecule has 17 heavy (non-hydrogen) atoms. The summed E-state index contributed by atoms with van der Waals surface area (Å²) in [5.74, 6) is -0.869. The van der Waals surface area contributed by atoms with Crippen LogP contribution < -0.4 is 0 Å². The third-order valence-electron chi connectivity index (χ3n) is 1.93. The Kier molecular flexibility index (Phi) is 5.48. The fourth-order valence-electron chi connectivity index (χ4n) is 1.07. The average molecular weight is 272 g/mol. The van der Waals surface area contributed by atoms with Crippen molar-refractivity contribution >= 4 is 15.8 Å². The SMILES string of the molecule is C#CCCC(C(=O)O)S(=O)(=O)CCC(F)(F)F. The number of carboxylic acid groups (broad SMARTS) is 1. The van der Waals surface area contributed by atoms with E-state index in [1.807, 2.05) is 5.92 Å². The Morgan fingerprint density at radius 3 is 2.29 bits per heavy atom. The number of aliphatic carboxylic acids is 1. The number of carbonyl (C=O) groups is 1. The first-order chi connectivity index (χ1) is 7.60. The lowest BCUT2D eigenvalue weighted by Gasteiger charge is -2.13. The van der Waals surface area contributed by atoms with Gasteiger partial charge in [-0.3, -0.25) is 4.79 Å². The molecule has 0 spiro atoms. The van der Waals surface area contributed by atoms with Crippen LogP contribution in [0.4, 0.5) is 13.2 Å². The van der Waals surface area contributed by atoms with Crippen LogP contribution in [0.5, 0.6) is 0 Å². The summed E-state index contributed by atoms with van der Waals surface area (Å²) < 4.78 is 58.3. The molecule has 0 aromatic carbocycles. The van der Waals surface area contributed by atoms with Crippen LogP contribution in [-0.2, 0) is 14.6 Å². The molecule has 4 nitrogen and oxygen atoms in total. The predicted molar refractivity (Wildman–Crippen MR) is 53.9 cm³/mol. The monoisotopic (exact) mass is 272 g/mol. The number of carboxylic acids is 1. The smallest absolute Gasteiger partial charge is 0.390 e. The summed E-state index contributed by atoms with van der Waals surface area (Å²) in [4.78, 5) is 10.6. The molecule has 0 fully saturated rings. The number of terminal acetylenes is 1. The highest BCUT2D eigenvalue weighted by Crippen LogP contribution is 2.22. The standard InChI is InChI=1S/C9H11F3O4S/c1-2-3-4-7(8(13)14)17(15,16)6-5-9(10,11)12/h1,7H,3-6H2,(H,13,14). The molecule has 1 N–H and O–H groups in total. The zero-order chi connectivity index (χ0) is 13.7. The van der Waals surface area contributed by atoms with Gasteiger partial charge in [0.25, 0.3) is 0 Å². The van der Waals surface area contributed by atoms with Crippen molar-refractivity contribution in [2.45, 2.75) is 30.7 Å². The number of rotatable bonds is 6. The van der Waals surface area contributed by atoms with E-state index >= 15 is 0 Å². The first kappa shape index (κ1) is 15.8. The molecule has 1 atom stereocenters. The van der Waals surface area contributed by atoms with Crippen LogP contribution in [0, 0.1) is 12.3 Å². The van der Waals surface area contributed by atoms with Gasteiger partial charge < -0.3 is 5.11 Å². The molecule has 0 aliphatic rings. The van der Waals surface area contributed by atoms with Crippen LogP contribution in [0.25, 0.3) is 0 Å². The van der Waals surface area contributed by atoms with Crippen LogP contribution in [0.1, 0.15) is 19.3 Å². The maximum Gasteiger partial charge on any atom is 0.390 e. The number of sulfone groups is 1. The van der Waals surface area contributed by atoms with E-state index in [0.717, 1.165) is 0 Å². The van der Waals surface area contributed by atoms with Gasteiger partial charge in [-0.15, -0.1) is 12.3 Å². The van der Waals surface area contributed by atoms with Gasteiger partial charge in [-0.2, -0.15) is 13.2 Å². The minimum Gasteiger partial charge on any atom is -0.480 e. The van der Waals surface area contributed by atoms with Crippen LogP contribution >= 0.6 is 0 Å². The molecule has 0 aliphatic carbocycles. The Hall–Kier alpha value is -1.23. The fourth-order valence-corrected chi connectivity index (χ4v) is 2.66. The van der Waals surface area contributed by atoms with E-state index in [2.05, 4.69) is 0 Å². The normalized spacial score (nSPS) is 14.0. The quantitative estimate of drug-likeness (QED) is 0.738. The molecule has 8 heteroatoms. The summed E-state index contributed by atoms with van der Waals surface area (Å²) in [6.07, 6.45) is -1.86. The molecule has 0 radical (unpaired) electrons. The predicted octanol–water partition coefficient (Wildman–Crippen LogP) is 1.22. The minimum absolute atomic E-state index is 0.123. The van der Waals surface area contributed by atoms with Gasteiger partial charge in [-0.25, -0.2) is 8.42 Å². The molecule has 98 valence electrons. The van der Waals surface area contributed by atoms with Crippen molar-refractivity contribution < 1.29 is 31.5 Å². The molecule has 0 aromatic rings. The average Bonchev–Trinajstić information content (AvgIpc) is 2.14. The maximum atomic E-state index is 11.9. The summed E-state index contributed by atoms with van der Waals surface area (Å²) in [5, 5.41) is 6.76. The summed E-state index contributed by atoms with van der Waals surface area (Å²) in [7, 11) is -4.34. The summed E-state index contributed by atoms with van der Waals surface area (Å²) >= 11 is 0. The van der Waals surface area contributed by atoms with Gasteiger partial charge in [0.15, 0.2) is 15.1 Å². The minimum atomic E-state index is -4.64. The third kappa shape index (κ3) is 6.16. The molecule has 0 aromatic heterocycles. The van der Waals surface area contributed by atoms with Crippen LogP contribution in [-0.4, -0.2) is 36.7 Å². The van der Waals surface area contributed by atoms with E-state index in [4.69, 9.17) is 11.5 Å². The lowest BCUT2D eigenvalue weighted by molar-refractivity contribution is -0.137. The van der Waals surface area contributed by atoms with E-state index in [1.165, 1.54) is 0 Å². The molecule has 0 bridgehead atoms. The van der Waals surface area contributed by atoms with Crippen molar-refractivity contribution in [2.75, 3.05) is 5.75 Å². The van der Waals surface area contributed by atoms with Crippen molar-refractivity contribution in [1.82, 2.24) is 0 Å². The highest BCUT2D eigenvalue weighted by atomic mass is 32.2. The zero-order valence-electron chi connectivity index (χ0n) is 8.70. The molecule has 0 heterocycles. The Labute approximate surface area is 96.7 Å². The summed E-state index contributed by atoms with van der Waals surface area (Å²) in [6.45, 7) is 0. The Morgan fingerprint density at radius 2 is 1.94 bits per heavy atom. The molecule has 0 rings (SSSR count). The van der Waals surface area contributed by atoms with Crippen molar-refractivity contribution in [3.05, 3.63) is 0 Å². The van der Waals surface area contributed by atoms with E-state index in [1.54, 1.807) is 0 Å². The topological polar surface area (TPSA) is 71.4 Å². The Balaban J connectivity index is 4.74. The highest BCUT2D eigenvalue weighted by Gasteiger charge is 2.36. The molecule has 0 amide bonds. The summed E-state index contributed by atoms with van der Waals surface area (Å²) in [6, 6.07) is 0. The van der Waals surface area contributed by atoms with E-state index in [0.29, 0.717) is 0 Å². The number of alkyl halides is 3. The zero-order valence-corrected chi connectivity index (χ0v) is 9.51. The van der Waals surface area contributed by atoms with Crippen molar-refractivity contribution in [3.8, 4) is 12.3 Å². The molecular weight excluding hydrogens is 261 g/mol. The first-order valence-corrected chi connectivity index (χ1v) is 6.26. The van der Waals surface area contributed by atoms with Gasteiger partial charge >= 0.3 is 12.1 Å². The fraction of sp³-hybridized carbons (Fsp3) is 0.667. The highest BCUT2D eigenvalue weighted by molar-refractivity contribution is 7.92. The second-order valence-corrected chi connectivity index (χ2v) is 5.60. The number of hydrogen-bond donors (Lipinski definition) is 1. The summed E-state index contributed by atoms with van der Waals surface area (Å²) in [5.41, 5.74) is 0. The van der Waals surface area contributed by atoms with Gasteiger partial charge in [0.1, 0.15) is 0 Å². The van der Waals surface area contributed by atoms with Crippen LogP contribution in [0.3, 0.4) is 0 Å². The third-order valence-corrected chi connectivity index (χ3v) is 4.01. The number of halogens is 3. The van der Waals surface area contributed by atoms with Gasteiger partial charge in [0.05, 0.1) is 12.2 Å². The second-order valence-electron chi connectivity index (χ2n) is 3.30. The maximum absolute atomic E-state index is 11.9. The van der Waals surface area contributed by atoms with Crippen LogP contribution in [0.15, 0.2) is 0 Å². The van der Waals surface area contributed by atoms with Gasteiger partial charge in [0, 0.05) is 6.42 Å². The first-order valence-electron chi connectivity index (χ1n) is 4.55. The van der Waals surface area contributed by atoms with E-state index in [9.17, 15) is 26.4 Å². The molecule has 0 aliphatic heterocycles. The molecule has 0 saturated carbocycles. The van der Waals surface area contributed by atoms with E-state index < -0.39 is 39.4 Å². The molecular formula is C9H11F3O4S. The van der Waals surface area contributed by atoms with Crippen molar-refractivity contribution in [3.63, 3.8) is 0 Å². The lowest BCUT2D eigenvalue weighted by Crippen LogP contribution is -2.33. The molecule has 0 saturated heterocycles. The van der Waals surface area contributed by atoms with E-state index in [-0.39, 0.29) is 12.8 Å². The lowest BCUT2D eigenvalue weighted by atomic mass is 10.2. The number of hydrogen-bond acceptors (Lipinski definition) is 3. The second kappa shape index (κ2) is 5.91. The Morgan fingerprint density at radius 1 is 1.41 bits per heavy atom. The van der Waals surface area contributed by atoms with Crippen molar-refractivity contribution in [1.29, 1.82) is 0 Å². The Bertz CT molecular complexity index is 405.